The number of anilines is 1. The first-order chi connectivity index (χ1) is 15.1. The molecule has 0 bridgehead atoms. The van der Waals surface area contributed by atoms with Crippen molar-refractivity contribution < 1.29 is 4.74 Å². The third-order valence-corrected chi connectivity index (χ3v) is 6.81. The summed E-state index contributed by atoms with van der Waals surface area (Å²) in [6, 6.07) is 21.6. The van der Waals surface area contributed by atoms with Crippen LogP contribution in [-0.2, 0) is 0 Å². The van der Waals surface area contributed by atoms with Crippen molar-refractivity contribution >= 4 is 33.5 Å². The average molecular weight is 473 g/mol. The average Bonchev–Trinajstić information content (AvgIpc) is 3.28. The molecule has 0 amide bonds. The molecule has 4 heteroatoms. The van der Waals surface area contributed by atoms with Gasteiger partial charge in [-0.05, 0) is 66.8 Å². The van der Waals surface area contributed by atoms with Crippen LogP contribution in [0.1, 0.15) is 40.6 Å². The zero-order chi connectivity index (χ0) is 21.4. The first-order valence-electron chi connectivity index (χ1n) is 10.6. The van der Waals surface area contributed by atoms with E-state index in [4.69, 9.17) is 4.74 Å². The SMILES string of the molecule is COc1ccc(Br)cc1C=Nc1ccc([C@@H]2Nc3ccc(C)cc3[C@H]3C=CC[C@@H]32)cc1. The van der Waals surface area contributed by atoms with Crippen molar-refractivity contribution in [2.75, 3.05) is 12.4 Å². The van der Waals surface area contributed by atoms with Crippen LogP contribution in [0.3, 0.4) is 0 Å². The summed E-state index contributed by atoms with van der Waals surface area (Å²) in [4.78, 5) is 4.67. The minimum Gasteiger partial charge on any atom is -0.496 e. The fraction of sp³-hybridized carbons (Fsp3) is 0.222. The Bertz CT molecular complexity index is 1170. The number of hydrogen-bond donors (Lipinski definition) is 1. The second-order valence-corrected chi connectivity index (χ2v) is 9.22. The Morgan fingerprint density at radius 1 is 1.06 bits per heavy atom. The normalized spacial score (nSPS) is 21.6. The van der Waals surface area contributed by atoms with Gasteiger partial charge in [0.05, 0.1) is 18.8 Å². The van der Waals surface area contributed by atoms with Crippen molar-refractivity contribution in [2.45, 2.75) is 25.3 Å². The van der Waals surface area contributed by atoms with E-state index in [1.165, 1.54) is 22.4 Å². The Kier molecular flexibility index (Phi) is 5.41. The number of methoxy groups -OCH3 is 1. The van der Waals surface area contributed by atoms with Gasteiger partial charge in [0.15, 0.2) is 0 Å². The number of ether oxygens (including phenoxy) is 1. The molecule has 5 rings (SSSR count). The van der Waals surface area contributed by atoms with Crippen LogP contribution >= 0.6 is 15.9 Å². The maximum atomic E-state index is 5.44. The van der Waals surface area contributed by atoms with Crippen molar-refractivity contribution in [1.82, 2.24) is 0 Å². The number of fused-ring (bicyclic) bond motifs is 3. The number of aryl methyl sites for hydroxylation is 1. The Labute approximate surface area is 192 Å². The van der Waals surface area contributed by atoms with Gasteiger partial charge < -0.3 is 10.1 Å². The van der Waals surface area contributed by atoms with Crippen molar-refractivity contribution in [1.29, 1.82) is 0 Å². The zero-order valence-electron chi connectivity index (χ0n) is 17.7. The van der Waals surface area contributed by atoms with Crippen LogP contribution in [0.5, 0.6) is 5.75 Å². The third-order valence-electron chi connectivity index (χ3n) is 6.31. The zero-order valence-corrected chi connectivity index (χ0v) is 19.3. The van der Waals surface area contributed by atoms with Crippen LogP contribution in [0.15, 0.2) is 82.3 Å². The number of hydrogen-bond acceptors (Lipinski definition) is 3. The van der Waals surface area contributed by atoms with Crippen molar-refractivity contribution in [3.63, 3.8) is 0 Å². The quantitative estimate of drug-likeness (QED) is 0.318. The second-order valence-electron chi connectivity index (χ2n) is 8.30. The number of aliphatic imine (C=N–C) groups is 1. The molecule has 2 aliphatic rings. The standard InChI is InChI=1S/C27H25BrN2O/c1-17-6-12-25-24(14-17)22-4-3-5-23(22)27(30-25)18-7-10-21(11-8-18)29-16-19-15-20(28)9-13-26(19)31-2/h3-4,6-16,22-23,27,30H,5H2,1-2H3/t22-,23-,27-/m0/s1. The first-order valence-corrected chi connectivity index (χ1v) is 11.4. The summed E-state index contributed by atoms with van der Waals surface area (Å²) in [5, 5.41) is 3.81. The summed E-state index contributed by atoms with van der Waals surface area (Å²) < 4.78 is 6.44. The molecule has 0 aromatic heterocycles. The van der Waals surface area contributed by atoms with Crippen LogP contribution in [0.2, 0.25) is 0 Å². The van der Waals surface area contributed by atoms with Crippen LogP contribution in [0, 0.1) is 12.8 Å². The monoisotopic (exact) mass is 472 g/mol. The van der Waals surface area contributed by atoms with E-state index in [9.17, 15) is 0 Å². The lowest BCUT2D eigenvalue weighted by Crippen LogP contribution is -2.29. The number of benzene rings is 3. The van der Waals surface area contributed by atoms with Gasteiger partial charge in [0.25, 0.3) is 0 Å². The van der Waals surface area contributed by atoms with E-state index in [2.05, 4.69) is 87.8 Å². The Morgan fingerprint density at radius 3 is 2.71 bits per heavy atom. The largest absolute Gasteiger partial charge is 0.496 e. The lowest BCUT2D eigenvalue weighted by atomic mass is 9.76. The molecule has 1 aliphatic heterocycles. The molecular formula is C27H25BrN2O. The van der Waals surface area contributed by atoms with Gasteiger partial charge in [-0.15, -0.1) is 0 Å². The number of rotatable bonds is 4. The molecule has 1 aliphatic carbocycles. The lowest BCUT2D eigenvalue weighted by Gasteiger charge is -2.37. The van der Waals surface area contributed by atoms with Gasteiger partial charge >= 0.3 is 0 Å². The predicted molar refractivity (Wildman–Crippen MR) is 132 cm³/mol. The molecular weight excluding hydrogens is 448 g/mol. The summed E-state index contributed by atoms with van der Waals surface area (Å²) in [7, 11) is 1.68. The predicted octanol–water partition coefficient (Wildman–Crippen LogP) is 7.34. The maximum Gasteiger partial charge on any atom is 0.127 e. The van der Waals surface area contributed by atoms with Crippen LogP contribution in [0.4, 0.5) is 11.4 Å². The molecule has 0 saturated carbocycles. The van der Waals surface area contributed by atoms with Crippen molar-refractivity contribution in [3.8, 4) is 5.75 Å². The van der Waals surface area contributed by atoms with Gasteiger partial charge in [-0.25, -0.2) is 0 Å². The second kappa shape index (κ2) is 8.35. The molecule has 3 aromatic rings. The van der Waals surface area contributed by atoms with E-state index in [0.29, 0.717) is 17.9 Å². The molecule has 0 saturated heterocycles. The molecule has 1 heterocycles. The van der Waals surface area contributed by atoms with E-state index in [0.717, 1.165) is 27.9 Å². The minimum absolute atomic E-state index is 0.304. The van der Waals surface area contributed by atoms with Gasteiger partial charge in [-0.3, -0.25) is 4.99 Å². The Morgan fingerprint density at radius 2 is 1.90 bits per heavy atom. The summed E-state index contributed by atoms with van der Waals surface area (Å²) in [6.45, 7) is 2.17. The molecule has 0 spiro atoms. The topological polar surface area (TPSA) is 33.6 Å². The molecule has 3 atom stereocenters. The van der Waals surface area contributed by atoms with E-state index < -0.39 is 0 Å². The molecule has 1 N–H and O–H groups in total. The highest BCUT2D eigenvalue weighted by Gasteiger charge is 2.37. The summed E-state index contributed by atoms with van der Waals surface area (Å²) >= 11 is 3.51. The molecule has 156 valence electrons. The fourth-order valence-corrected chi connectivity index (χ4v) is 5.14. The maximum absolute atomic E-state index is 5.44. The van der Waals surface area contributed by atoms with Gasteiger partial charge in [-0.2, -0.15) is 0 Å². The van der Waals surface area contributed by atoms with Gasteiger partial charge in [-0.1, -0.05) is 57.9 Å². The molecule has 31 heavy (non-hydrogen) atoms. The summed E-state index contributed by atoms with van der Waals surface area (Å²) in [5.74, 6) is 1.85. The fourth-order valence-electron chi connectivity index (χ4n) is 4.76. The van der Waals surface area contributed by atoms with Crippen LogP contribution in [-0.4, -0.2) is 13.3 Å². The molecule has 0 fully saturated rings. The smallest absolute Gasteiger partial charge is 0.127 e. The highest BCUT2D eigenvalue weighted by molar-refractivity contribution is 9.10. The summed E-state index contributed by atoms with van der Waals surface area (Å²) in [6.07, 6.45) is 7.69. The minimum atomic E-state index is 0.304. The van der Waals surface area contributed by atoms with E-state index >= 15 is 0 Å². The van der Waals surface area contributed by atoms with Crippen LogP contribution < -0.4 is 10.1 Å². The van der Waals surface area contributed by atoms with Crippen LogP contribution in [0.25, 0.3) is 0 Å². The Balaban J connectivity index is 1.39. The van der Waals surface area contributed by atoms with Crippen molar-refractivity contribution in [3.05, 3.63) is 99.5 Å². The molecule has 0 radical (unpaired) electrons. The van der Waals surface area contributed by atoms with E-state index in [1.54, 1.807) is 7.11 Å². The van der Waals surface area contributed by atoms with Gasteiger partial charge in [0.2, 0.25) is 0 Å². The van der Waals surface area contributed by atoms with Gasteiger partial charge in [0.1, 0.15) is 5.75 Å². The number of allylic oxidation sites excluding steroid dienone is 2. The summed E-state index contributed by atoms with van der Waals surface area (Å²) in [5.41, 5.74) is 7.19. The number of halogens is 1. The van der Waals surface area contributed by atoms with E-state index in [-0.39, 0.29) is 0 Å². The molecule has 3 aromatic carbocycles. The molecule has 0 unspecified atom stereocenters. The van der Waals surface area contributed by atoms with Crippen molar-refractivity contribution in [2.24, 2.45) is 10.9 Å². The number of nitrogens with one attached hydrogen (secondary N) is 1. The van der Waals surface area contributed by atoms with E-state index in [1.807, 2.05) is 24.4 Å². The molecule has 3 nitrogen and oxygen atoms in total. The third kappa shape index (κ3) is 3.92. The Hall–Kier alpha value is -2.85. The highest BCUT2D eigenvalue weighted by Crippen LogP contribution is 2.50. The lowest BCUT2D eigenvalue weighted by molar-refractivity contribution is 0.414. The number of nitrogens with zero attached hydrogens (tertiary/aromatic N) is 1. The first kappa shape index (κ1) is 20.1. The highest BCUT2D eigenvalue weighted by atomic mass is 79.9. The van der Waals surface area contributed by atoms with Gasteiger partial charge in [0, 0.05) is 27.9 Å².